The van der Waals surface area contributed by atoms with E-state index in [2.05, 4.69) is 10.9 Å². The van der Waals surface area contributed by atoms with E-state index in [4.69, 9.17) is 14.2 Å². The van der Waals surface area contributed by atoms with Gasteiger partial charge in [-0.25, -0.2) is 10.2 Å². The van der Waals surface area contributed by atoms with Crippen molar-refractivity contribution in [2.75, 3.05) is 0 Å². The molecule has 0 unspecified atom stereocenters. The van der Waals surface area contributed by atoms with Crippen molar-refractivity contribution in [3.05, 3.63) is 131 Å². The highest BCUT2D eigenvalue weighted by atomic mass is 16.5. The van der Waals surface area contributed by atoms with Gasteiger partial charge >= 0.3 is 11.9 Å². The molecule has 0 bridgehead atoms. The smallest absolute Gasteiger partial charge is 0.328 e. The second-order valence-corrected chi connectivity index (χ2v) is 11.2. The Bertz CT molecular complexity index is 1550. The summed E-state index contributed by atoms with van der Waals surface area (Å²) in [4.78, 5) is 38.3. The molecule has 4 rings (SSSR count). The standard InChI is InChI=1S/C37H40N2O7/c1-37(36(43)46-27-30-17-9-4-10-18-30,24-31-21-22-32(40)33(23-31)44-25-28-13-5-2-6-14-28)39-38-34(41)19-11-12-20-35(42)45-26-29-15-7-3-8-16-29/h2-10,13-18,21-23,39-40H,11-12,19-20,24-27H2,1H3,(H,38,41)/t37-/m0/s1. The normalized spacial score (nSPS) is 12.0. The van der Waals surface area contributed by atoms with Crippen molar-refractivity contribution < 1.29 is 33.7 Å². The van der Waals surface area contributed by atoms with Crippen LogP contribution in [0.25, 0.3) is 0 Å². The molecule has 46 heavy (non-hydrogen) atoms. The molecule has 240 valence electrons. The summed E-state index contributed by atoms with van der Waals surface area (Å²) in [6.07, 6.45) is 1.41. The quantitative estimate of drug-likeness (QED) is 0.0750. The lowest BCUT2D eigenvalue weighted by Gasteiger charge is -2.29. The minimum atomic E-state index is -1.36. The summed E-state index contributed by atoms with van der Waals surface area (Å²) in [5, 5.41) is 10.4. The van der Waals surface area contributed by atoms with Crippen LogP contribution in [0.4, 0.5) is 0 Å². The zero-order valence-electron chi connectivity index (χ0n) is 25.9. The number of nitrogens with one attached hydrogen (secondary N) is 2. The Morgan fingerprint density at radius 1 is 0.674 bits per heavy atom. The molecule has 0 radical (unpaired) electrons. The minimum Gasteiger partial charge on any atom is -0.504 e. The largest absolute Gasteiger partial charge is 0.504 e. The van der Waals surface area contributed by atoms with Crippen LogP contribution >= 0.6 is 0 Å². The van der Waals surface area contributed by atoms with Crippen molar-refractivity contribution in [3.8, 4) is 11.5 Å². The number of benzene rings is 4. The number of aromatic hydroxyl groups is 1. The van der Waals surface area contributed by atoms with E-state index in [1.807, 2.05) is 91.0 Å². The van der Waals surface area contributed by atoms with Crippen LogP contribution in [0, 0.1) is 0 Å². The predicted octanol–water partition coefficient (Wildman–Crippen LogP) is 5.94. The van der Waals surface area contributed by atoms with E-state index >= 15 is 0 Å². The summed E-state index contributed by atoms with van der Waals surface area (Å²) in [6, 6.07) is 33.2. The number of esters is 2. The van der Waals surface area contributed by atoms with Gasteiger partial charge in [0.1, 0.15) is 25.4 Å². The van der Waals surface area contributed by atoms with E-state index in [0.717, 1.165) is 16.7 Å². The van der Waals surface area contributed by atoms with Gasteiger partial charge in [0.2, 0.25) is 5.91 Å². The Balaban J connectivity index is 1.32. The van der Waals surface area contributed by atoms with E-state index in [9.17, 15) is 19.5 Å². The first-order valence-electron chi connectivity index (χ1n) is 15.3. The Morgan fingerprint density at radius 2 is 1.22 bits per heavy atom. The maximum Gasteiger partial charge on any atom is 0.328 e. The fraction of sp³-hybridized carbons (Fsp3) is 0.270. The maximum atomic E-state index is 13.4. The highest BCUT2D eigenvalue weighted by Gasteiger charge is 2.36. The van der Waals surface area contributed by atoms with Gasteiger partial charge in [0.05, 0.1) is 0 Å². The van der Waals surface area contributed by atoms with Gasteiger partial charge in [-0.1, -0.05) is 97.1 Å². The van der Waals surface area contributed by atoms with Crippen LogP contribution in [0.2, 0.25) is 0 Å². The predicted molar refractivity (Wildman–Crippen MR) is 173 cm³/mol. The number of hydrogen-bond acceptors (Lipinski definition) is 8. The summed E-state index contributed by atoms with van der Waals surface area (Å²) in [6.45, 7) is 2.17. The molecule has 0 aliphatic carbocycles. The SMILES string of the molecule is C[C@@](Cc1ccc(O)c(OCc2ccccc2)c1)(NNC(=O)CCCCC(=O)OCc1ccccc1)C(=O)OCc1ccccc1. The molecule has 0 aromatic heterocycles. The third kappa shape index (κ3) is 11.1. The molecular weight excluding hydrogens is 584 g/mol. The summed E-state index contributed by atoms with van der Waals surface area (Å²) in [7, 11) is 0. The third-order valence-electron chi connectivity index (χ3n) is 7.24. The summed E-state index contributed by atoms with van der Waals surface area (Å²) in [5.41, 5.74) is 7.53. The molecule has 9 nitrogen and oxygen atoms in total. The van der Waals surface area contributed by atoms with Crippen molar-refractivity contribution in [3.63, 3.8) is 0 Å². The van der Waals surface area contributed by atoms with Gasteiger partial charge in [0.15, 0.2) is 11.5 Å². The van der Waals surface area contributed by atoms with Gasteiger partial charge in [-0.05, 0) is 54.2 Å². The molecule has 0 fully saturated rings. The summed E-state index contributed by atoms with van der Waals surface area (Å²) < 4.78 is 16.8. The van der Waals surface area contributed by atoms with Gasteiger partial charge in [0, 0.05) is 19.3 Å². The molecular formula is C37H40N2O7. The molecule has 0 saturated carbocycles. The van der Waals surface area contributed by atoms with Crippen molar-refractivity contribution in [1.29, 1.82) is 0 Å². The molecule has 1 atom stereocenters. The number of phenolic OH excluding ortho intramolecular Hbond substituents is 1. The Hall–Kier alpha value is -5.15. The van der Waals surface area contributed by atoms with Crippen LogP contribution in [0.5, 0.6) is 11.5 Å². The lowest BCUT2D eigenvalue weighted by atomic mass is 9.93. The first-order valence-corrected chi connectivity index (χ1v) is 15.3. The van der Waals surface area contributed by atoms with E-state index in [1.165, 1.54) is 6.07 Å². The minimum absolute atomic E-state index is 0.0294. The summed E-state index contributed by atoms with van der Waals surface area (Å²) >= 11 is 0. The molecule has 0 spiro atoms. The Morgan fingerprint density at radius 3 is 1.83 bits per heavy atom. The van der Waals surface area contributed by atoms with Crippen LogP contribution in [-0.2, 0) is 50.1 Å². The van der Waals surface area contributed by atoms with Crippen LogP contribution in [0.1, 0.15) is 54.9 Å². The zero-order chi connectivity index (χ0) is 32.6. The second kappa shape index (κ2) is 17.4. The average molecular weight is 625 g/mol. The Labute approximate surface area is 269 Å². The number of hydrazine groups is 1. The van der Waals surface area contributed by atoms with Gasteiger partial charge in [-0.15, -0.1) is 0 Å². The highest BCUT2D eigenvalue weighted by molar-refractivity contribution is 5.82. The number of rotatable bonds is 17. The van der Waals surface area contributed by atoms with Crippen molar-refractivity contribution in [1.82, 2.24) is 10.9 Å². The second-order valence-electron chi connectivity index (χ2n) is 11.2. The molecule has 3 N–H and O–H groups in total. The monoisotopic (exact) mass is 624 g/mol. The number of phenols is 1. The first kappa shape index (κ1) is 33.7. The van der Waals surface area contributed by atoms with Crippen LogP contribution in [0.3, 0.4) is 0 Å². The molecule has 4 aromatic carbocycles. The van der Waals surface area contributed by atoms with E-state index < -0.39 is 11.5 Å². The van der Waals surface area contributed by atoms with Crippen molar-refractivity contribution >= 4 is 17.8 Å². The topological polar surface area (TPSA) is 123 Å². The van der Waals surface area contributed by atoms with Gasteiger partial charge in [-0.2, -0.15) is 0 Å². The summed E-state index contributed by atoms with van der Waals surface area (Å²) in [5.74, 6) is -0.988. The molecule has 0 aliphatic rings. The number of amides is 1. The molecule has 0 aliphatic heterocycles. The number of carbonyl (C=O) groups excluding carboxylic acids is 3. The van der Waals surface area contributed by atoms with E-state index in [1.54, 1.807) is 19.1 Å². The van der Waals surface area contributed by atoms with Gasteiger partial charge in [-0.3, -0.25) is 15.0 Å². The lowest BCUT2D eigenvalue weighted by Crippen LogP contribution is -2.59. The molecule has 4 aromatic rings. The van der Waals surface area contributed by atoms with Gasteiger partial charge in [0.25, 0.3) is 0 Å². The Kier molecular flexibility index (Phi) is 12.7. The molecule has 0 heterocycles. The fourth-order valence-electron chi connectivity index (χ4n) is 4.61. The molecule has 1 amide bonds. The molecule has 9 heteroatoms. The van der Waals surface area contributed by atoms with E-state index in [0.29, 0.717) is 18.4 Å². The third-order valence-corrected chi connectivity index (χ3v) is 7.24. The average Bonchev–Trinajstić information content (AvgIpc) is 3.09. The van der Waals surface area contributed by atoms with Crippen LogP contribution in [0.15, 0.2) is 109 Å². The van der Waals surface area contributed by atoms with Crippen LogP contribution < -0.4 is 15.6 Å². The number of ether oxygens (including phenoxy) is 3. The van der Waals surface area contributed by atoms with Crippen molar-refractivity contribution in [2.45, 2.75) is 64.4 Å². The van der Waals surface area contributed by atoms with Crippen LogP contribution in [-0.4, -0.2) is 28.5 Å². The fourth-order valence-corrected chi connectivity index (χ4v) is 4.61. The number of carbonyl (C=O) groups is 3. The van der Waals surface area contributed by atoms with E-state index in [-0.39, 0.29) is 62.5 Å². The van der Waals surface area contributed by atoms with Crippen molar-refractivity contribution in [2.24, 2.45) is 0 Å². The van der Waals surface area contributed by atoms with Gasteiger partial charge < -0.3 is 19.3 Å². The zero-order valence-corrected chi connectivity index (χ0v) is 25.9. The highest BCUT2D eigenvalue weighted by Crippen LogP contribution is 2.29. The maximum absolute atomic E-state index is 13.4. The first-order chi connectivity index (χ1) is 22.3. The lowest BCUT2D eigenvalue weighted by molar-refractivity contribution is -0.153. The number of unbranched alkanes of at least 4 members (excludes halogenated alkanes) is 1. The molecule has 0 saturated heterocycles. The number of hydrogen-bond donors (Lipinski definition) is 3.